The van der Waals surface area contributed by atoms with Crippen LogP contribution in [0.5, 0.6) is 11.8 Å². The molecule has 84 valence electrons. The van der Waals surface area contributed by atoms with Crippen molar-refractivity contribution in [3.63, 3.8) is 0 Å². The van der Waals surface area contributed by atoms with Crippen LogP contribution in [-0.4, -0.2) is 15.2 Å². The van der Waals surface area contributed by atoms with Crippen molar-refractivity contribution in [1.82, 2.24) is 4.98 Å². The molecule has 0 bridgehead atoms. The summed E-state index contributed by atoms with van der Waals surface area (Å²) in [5.41, 5.74) is -0.837. The predicted octanol–water partition coefficient (Wildman–Crippen LogP) is 0.890. The Bertz CT molecular complexity index is 785. The maximum absolute atomic E-state index is 11.7. The van der Waals surface area contributed by atoms with Gasteiger partial charge in [0.25, 0.3) is 0 Å². The SMILES string of the molecule is O=c1ccc2c(O)[nH]c(O)c3ccc(=O)c1c23. The minimum absolute atomic E-state index is 0.0143. The van der Waals surface area contributed by atoms with E-state index in [1.54, 1.807) is 0 Å². The third-order valence-corrected chi connectivity index (χ3v) is 2.83. The zero-order valence-corrected chi connectivity index (χ0v) is 8.52. The lowest BCUT2D eigenvalue weighted by molar-refractivity contribution is 0.422. The van der Waals surface area contributed by atoms with Crippen molar-refractivity contribution in [1.29, 1.82) is 0 Å². The van der Waals surface area contributed by atoms with Gasteiger partial charge in [0.2, 0.25) is 0 Å². The maximum atomic E-state index is 11.7. The van der Waals surface area contributed by atoms with E-state index in [0.717, 1.165) is 0 Å². The topological polar surface area (TPSA) is 90.4 Å². The molecule has 1 aromatic heterocycles. The second-order valence-electron chi connectivity index (χ2n) is 3.79. The van der Waals surface area contributed by atoms with Crippen molar-refractivity contribution in [2.24, 2.45) is 0 Å². The Kier molecular flexibility index (Phi) is 1.69. The van der Waals surface area contributed by atoms with Crippen molar-refractivity contribution >= 4 is 21.5 Å². The molecule has 3 aromatic rings. The van der Waals surface area contributed by atoms with E-state index < -0.39 is 10.9 Å². The van der Waals surface area contributed by atoms with Crippen LogP contribution in [0.4, 0.5) is 0 Å². The lowest BCUT2D eigenvalue weighted by Crippen LogP contribution is -2.11. The molecule has 0 saturated heterocycles. The van der Waals surface area contributed by atoms with Gasteiger partial charge >= 0.3 is 0 Å². The number of aromatic amines is 1. The highest BCUT2D eigenvalue weighted by atomic mass is 16.3. The molecule has 1 heterocycles. The molecule has 0 radical (unpaired) electrons. The highest BCUT2D eigenvalue weighted by Gasteiger charge is 2.14. The van der Waals surface area contributed by atoms with Crippen molar-refractivity contribution in [3.8, 4) is 11.8 Å². The number of aromatic nitrogens is 1. The van der Waals surface area contributed by atoms with Gasteiger partial charge in [0, 0.05) is 16.2 Å². The zero-order chi connectivity index (χ0) is 12.2. The highest BCUT2D eigenvalue weighted by Crippen LogP contribution is 2.33. The van der Waals surface area contributed by atoms with Crippen molar-refractivity contribution in [3.05, 3.63) is 44.7 Å². The molecule has 3 N–H and O–H groups in total. The fourth-order valence-electron chi connectivity index (χ4n) is 2.08. The van der Waals surface area contributed by atoms with Crippen molar-refractivity contribution in [2.45, 2.75) is 0 Å². The second-order valence-corrected chi connectivity index (χ2v) is 3.79. The second kappa shape index (κ2) is 2.98. The molecule has 0 aliphatic carbocycles. The third-order valence-electron chi connectivity index (χ3n) is 2.83. The van der Waals surface area contributed by atoms with Gasteiger partial charge in [-0.2, -0.15) is 0 Å². The molecule has 0 fully saturated rings. The minimum atomic E-state index is -0.418. The number of pyridine rings is 1. The molecule has 0 unspecified atom stereocenters. The van der Waals surface area contributed by atoms with Crippen LogP contribution in [0.1, 0.15) is 0 Å². The maximum Gasteiger partial charge on any atom is 0.199 e. The number of hydrogen-bond donors (Lipinski definition) is 3. The molecule has 0 amide bonds. The van der Waals surface area contributed by atoms with Crippen molar-refractivity contribution in [2.75, 3.05) is 0 Å². The number of aromatic hydroxyl groups is 2. The van der Waals surface area contributed by atoms with E-state index >= 15 is 0 Å². The van der Waals surface area contributed by atoms with Gasteiger partial charge in [-0.15, -0.1) is 0 Å². The average Bonchev–Trinajstić information content (AvgIpc) is 2.28. The van der Waals surface area contributed by atoms with Crippen molar-refractivity contribution < 1.29 is 10.2 Å². The molecule has 5 heteroatoms. The van der Waals surface area contributed by atoms with Crippen LogP contribution >= 0.6 is 0 Å². The van der Waals surface area contributed by atoms with Gasteiger partial charge in [0.1, 0.15) is 0 Å². The number of H-pyrrole nitrogens is 1. The van der Waals surface area contributed by atoms with E-state index in [0.29, 0.717) is 16.2 Å². The van der Waals surface area contributed by atoms with Crippen LogP contribution in [0, 0.1) is 0 Å². The fourth-order valence-corrected chi connectivity index (χ4v) is 2.08. The number of hydrogen-bond acceptors (Lipinski definition) is 4. The van der Waals surface area contributed by atoms with E-state index in [1.165, 1.54) is 24.3 Å². The van der Waals surface area contributed by atoms with Gasteiger partial charge in [0.05, 0.1) is 5.39 Å². The van der Waals surface area contributed by atoms with Crippen LogP contribution in [0.3, 0.4) is 0 Å². The Balaban J connectivity index is 2.85. The van der Waals surface area contributed by atoms with E-state index in [-0.39, 0.29) is 17.1 Å². The van der Waals surface area contributed by atoms with E-state index in [4.69, 9.17) is 0 Å². The van der Waals surface area contributed by atoms with Crippen LogP contribution < -0.4 is 10.9 Å². The fraction of sp³-hybridized carbons (Fsp3) is 0. The summed E-state index contributed by atoms with van der Waals surface area (Å²) >= 11 is 0. The van der Waals surface area contributed by atoms with Crippen LogP contribution in [-0.2, 0) is 0 Å². The van der Waals surface area contributed by atoms with Gasteiger partial charge in [-0.25, -0.2) is 0 Å². The Morgan fingerprint density at radius 2 is 1.24 bits per heavy atom. The first kappa shape index (κ1) is 9.65. The summed E-state index contributed by atoms with van der Waals surface area (Å²) < 4.78 is 0. The van der Waals surface area contributed by atoms with Gasteiger partial charge in [0.15, 0.2) is 22.6 Å². The summed E-state index contributed by atoms with van der Waals surface area (Å²) in [7, 11) is 0. The molecule has 17 heavy (non-hydrogen) atoms. The standard InChI is InChI=1S/C12H7NO4/c14-7-3-1-5-9-6(12(17)13-11(5)16)2-4-8(15)10(7)9/h1-4,13,16-17H. The molecular weight excluding hydrogens is 222 g/mol. The van der Waals surface area contributed by atoms with Gasteiger partial charge in [-0.3, -0.25) is 14.6 Å². The number of nitrogens with one attached hydrogen (secondary N) is 1. The molecule has 0 aliphatic heterocycles. The van der Waals surface area contributed by atoms with Crippen LogP contribution in [0.2, 0.25) is 0 Å². The lowest BCUT2D eigenvalue weighted by Gasteiger charge is -2.07. The molecule has 2 aromatic carbocycles. The van der Waals surface area contributed by atoms with Gasteiger partial charge in [-0.1, -0.05) is 0 Å². The summed E-state index contributed by atoms with van der Waals surface area (Å²) in [4.78, 5) is 25.7. The Morgan fingerprint density at radius 3 is 1.71 bits per heavy atom. The van der Waals surface area contributed by atoms with E-state index in [1.807, 2.05) is 0 Å². The molecule has 5 nitrogen and oxygen atoms in total. The zero-order valence-electron chi connectivity index (χ0n) is 8.52. The first-order chi connectivity index (χ1) is 8.09. The minimum Gasteiger partial charge on any atom is -0.494 e. The van der Waals surface area contributed by atoms with Gasteiger partial charge < -0.3 is 10.2 Å². The monoisotopic (exact) mass is 229 g/mol. The lowest BCUT2D eigenvalue weighted by atomic mass is 10.0. The Labute approximate surface area is 93.9 Å². The van der Waals surface area contributed by atoms with E-state index in [2.05, 4.69) is 4.98 Å². The molecule has 0 saturated carbocycles. The number of rotatable bonds is 0. The number of benzene rings is 2. The first-order valence-electron chi connectivity index (χ1n) is 4.93. The van der Waals surface area contributed by atoms with E-state index in [9.17, 15) is 19.8 Å². The summed E-state index contributed by atoms with van der Waals surface area (Å²) in [6.45, 7) is 0. The molecular formula is C12H7NO4. The highest BCUT2D eigenvalue weighted by molar-refractivity contribution is 6.12. The normalized spacial score (nSPS) is 11.3. The third kappa shape index (κ3) is 1.13. The smallest absolute Gasteiger partial charge is 0.199 e. The summed E-state index contributed by atoms with van der Waals surface area (Å²) in [5.74, 6) is -0.545. The Hall–Kier alpha value is -2.56. The Morgan fingerprint density at radius 1 is 0.765 bits per heavy atom. The van der Waals surface area contributed by atoms with Crippen LogP contribution in [0.15, 0.2) is 33.9 Å². The summed E-state index contributed by atoms with van der Waals surface area (Å²) in [6.07, 6.45) is 0. The largest absolute Gasteiger partial charge is 0.494 e. The molecule has 0 atom stereocenters. The molecule has 0 spiro atoms. The molecule has 3 rings (SSSR count). The molecule has 0 aliphatic rings. The predicted molar refractivity (Wildman–Crippen MR) is 62.9 cm³/mol. The average molecular weight is 229 g/mol. The summed E-state index contributed by atoms with van der Waals surface area (Å²) in [6, 6.07) is 5.29. The summed E-state index contributed by atoms with van der Waals surface area (Å²) in [5, 5.41) is 20.2. The quantitative estimate of drug-likeness (QED) is 0.534. The van der Waals surface area contributed by atoms with Gasteiger partial charge in [-0.05, 0) is 24.3 Å². The first-order valence-corrected chi connectivity index (χ1v) is 4.93. The van der Waals surface area contributed by atoms with Crippen LogP contribution in [0.25, 0.3) is 21.5 Å².